The van der Waals surface area contributed by atoms with Crippen molar-refractivity contribution in [1.29, 1.82) is 0 Å². The lowest BCUT2D eigenvalue weighted by molar-refractivity contribution is -0.0361. The van der Waals surface area contributed by atoms with E-state index in [0.717, 1.165) is 29.1 Å². The quantitative estimate of drug-likeness (QED) is 0.854. The van der Waals surface area contributed by atoms with Crippen molar-refractivity contribution in [3.05, 3.63) is 35.3 Å². The summed E-state index contributed by atoms with van der Waals surface area (Å²) >= 11 is 0. The van der Waals surface area contributed by atoms with Gasteiger partial charge in [-0.1, -0.05) is 6.08 Å². The Labute approximate surface area is 163 Å². The summed E-state index contributed by atoms with van der Waals surface area (Å²) in [5.41, 5.74) is 3.61. The van der Waals surface area contributed by atoms with Gasteiger partial charge in [0, 0.05) is 30.6 Å². The molecular formula is C20H25F2N5O. The maximum Gasteiger partial charge on any atom is 0.253 e. The van der Waals surface area contributed by atoms with E-state index in [0.29, 0.717) is 37.8 Å². The molecule has 0 bridgehead atoms. The Kier molecular flexibility index (Phi) is 5.14. The first-order valence-electron chi connectivity index (χ1n) is 9.74. The molecule has 4 rings (SSSR count). The van der Waals surface area contributed by atoms with Gasteiger partial charge in [0.15, 0.2) is 0 Å². The third-order valence-corrected chi connectivity index (χ3v) is 5.22. The molecule has 3 heterocycles. The van der Waals surface area contributed by atoms with Gasteiger partial charge in [-0.3, -0.25) is 0 Å². The Morgan fingerprint density at radius 1 is 1.18 bits per heavy atom. The van der Waals surface area contributed by atoms with Gasteiger partial charge >= 0.3 is 0 Å². The van der Waals surface area contributed by atoms with Crippen molar-refractivity contribution in [3.8, 4) is 5.95 Å². The van der Waals surface area contributed by atoms with E-state index in [2.05, 4.69) is 21.5 Å². The highest BCUT2D eigenvalue weighted by molar-refractivity contribution is 5.66. The van der Waals surface area contributed by atoms with Gasteiger partial charge in [0.25, 0.3) is 5.95 Å². The second-order valence-electron chi connectivity index (χ2n) is 7.62. The standard InChI is InChI=1S/C20H25F2N5O/c1-13-10-14(2)27(26-13)19-24-17(15-4-3-9-28-12-15)11-18(25-19)23-16-5-7-20(21,22)8-6-16/h4,10-11,16H,3,5-9,12H2,1-2H3,(H,23,24,25). The van der Waals surface area contributed by atoms with Crippen molar-refractivity contribution in [3.63, 3.8) is 0 Å². The summed E-state index contributed by atoms with van der Waals surface area (Å²) in [5, 5.41) is 7.83. The average molecular weight is 389 g/mol. The first kappa shape index (κ1) is 19.0. The van der Waals surface area contributed by atoms with Crippen LogP contribution >= 0.6 is 0 Å². The zero-order valence-corrected chi connectivity index (χ0v) is 16.2. The SMILES string of the molecule is Cc1cc(C)n(-c2nc(NC3CCC(F)(F)CC3)cc(C3=CCCOC3)n2)n1. The number of nitrogens with one attached hydrogen (secondary N) is 1. The predicted molar refractivity (Wildman–Crippen MR) is 103 cm³/mol. The molecule has 1 fully saturated rings. The number of aryl methyl sites for hydroxylation is 2. The zero-order chi connectivity index (χ0) is 19.7. The average Bonchev–Trinajstić information content (AvgIpc) is 3.02. The smallest absolute Gasteiger partial charge is 0.253 e. The molecule has 28 heavy (non-hydrogen) atoms. The molecule has 2 aliphatic rings. The summed E-state index contributed by atoms with van der Waals surface area (Å²) < 4.78 is 34.2. The fourth-order valence-electron chi connectivity index (χ4n) is 3.73. The number of halogens is 2. The monoisotopic (exact) mass is 389 g/mol. The summed E-state index contributed by atoms with van der Waals surface area (Å²) in [6.07, 6.45) is 3.63. The van der Waals surface area contributed by atoms with E-state index in [4.69, 9.17) is 9.72 Å². The van der Waals surface area contributed by atoms with Crippen molar-refractivity contribution in [2.24, 2.45) is 0 Å². The Hall–Kier alpha value is -2.35. The van der Waals surface area contributed by atoms with Gasteiger partial charge in [-0.05, 0) is 44.7 Å². The van der Waals surface area contributed by atoms with Crippen LogP contribution in [0.25, 0.3) is 11.5 Å². The highest BCUT2D eigenvalue weighted by Crippen LogP contribution is 2.34. The highest BCUT2D eigenvalue weighted by atomic mass is 19.3. The number of nitrogens with zero attached hydrogens (tertiary/aromatic N) is 4. The van der Waals surface area contributed by atoms with Crippen LogP contribution in [0.4, 0.5) is 14.6 Å². The van der Waals surface area contributed by atoms with Crippen molar-refractivity contribution in [1.82, 2.24) is 19.7 Å². The second-order valence-corrected chi connectivity index (χ2v) is 7.62. The predicted octanol–water partition coefficient (Wildman–Crippen LogP) is 4.07. The summed E-state index contributed by atoms with van der Waals surface area (Å²) in [5.74, 6) is -1.44. The van der Waals surface area contributed by atoms with Gasteiger partial charge < -0.3 is 10.1 Å². The molecule has 8 heteroatoms. The molecule has 0 saturated heterocycles. The van der Waals surface area contributed by atoms with Crippen LogP contribution in [0.2, 0.25) is 0 Å². The molecule has 0 amide bonds. The molecule has 1 N–H and O–H groups in total. The van der Waals surface area contributed by atoms with Gasteiger partial charge in [-0.2, -0.15) is 10.1 Å². The maximum atomic E-state index is 13.5. The number of alkyl halides is 2. The molecule has 2 aromatic rings. The molecule has 0 unspecified atom stereocenters. The largest absolute Gasteiger partial charge is 0.376 e. The van der Waals surface area contributed by atoms with Crippen LogP contribution in [0.1, 0.15) is 49.2 Å². The number of hydrogen-bond donors (Lipinski definition) is 1. The number of anilines is 1. The number of ether oxygens (including phenoxy) is 1. The van der Waals surface area contributed by atoms with E-state index in [1.807, 2.05) is 26.0 Å². The lowest BCUT2D eigenvalue weighted by atomic mass is 9.92. The Morgan fingerprint density at radius 3 is 2.61 bits per heavy atom. The van der Waals surface area contributed by atoms with Crippen LogP contribution in [0, 0.1) is 13.8 Å². The van der Waals surface area contributed by atoms with Gasteiger partial charge in [-0.15, -0.1) is 0 Å². The Morgan fingerprint density at radius 2 is 1.96 bits per heavy atom. The molecule has 1 saturated carbocycles. The third-order valence-electron chi connectivity index (χ3n) is 5.22. The Bertz CT molecular complexity index is 883. The molecule has 6 nitrogen and oxygen atoms in total. The lowest BCUT2D eigenvalue weighted by Crippen LogP contribution is -2.32. The lowest BCUT2D eigenvalue weighted by Gasteiger charge is -2.29. The molecular weight excluding hydrogens is 364 g/mol. The first-order chi connectivity index (χ1) is 13.4. The Balaban J connectivity index is 1.66. The van der Waals surface area contributed by atoms with Crippen LogP contribution in [0.5, 0.6) is 0 Å². The summed E-state index contributed by atoms with van der Waals surface area (Å²) in [4.78, 5) is 9.32. The van der Waals surface area contributed by atoms with Crippen LogP contribution in [-0.4, -0.2) is 44.9 Å². The number of hydrogen-bond acceptors (Lipinski definition) is 5. The van der Waals surface area contributed by atoms with Crippen molar-refractivity contribution in [2.75, 3.05) is 18.5 Å². The van der Waals surface area contributed by atoms with E-state index in [1.165, 1.54) is 0 Å². The van der Waals surface area contributed by atoms with Gasteiger partial charge in [0.2, 0.25) is 5.92 Å². The van der Waals surface area contributed by atoms with E-state index >= 15 is 0 Å². The van der Waals surface area contributed by atoms with Gasteiger partial charge in [0.1, 0.15) is 5.82 Å². The zero-order valence-electron chi connectivity index (χ0n) is 16.2. The summed E-state index contributed by atoms with van der Waals surface area (Å²) in [6.45, 7) is 5.09. The molecule has 0 atom stereocenters. The molecule has 0 aromatic carbocycles. The normalized spacial score (nSPS) is 20.1. The molecule has 2 aromatic heterocycles. The summed E-state index contributed by atoms with van der Waals surface area (Å²) in [6, 6.07) is 3.82. The van der Waals surface area contributed by atoms with Gasteiger partial charge in [0.05, 0.1) is 24.6 Å². The molecule has 1 aliphatic heterocycles. The summed E-state index contributed by atoms with van der Waals surface area (Å²) in [7, 11) is 0. The van der Waals surface area contributed by atoms with E-state index < -0.39 is 5.92 Å². The van der Waals surface area contributed by atoms with Gasteiger partial charge in [-0.25, -0.2) is 18.4 Å². The molecule has 0 spiro atoms. The topological polar surface area (TPSA) is 64.9 Å². The molecule has 150 valence electrons. The first-order valence-corrected chi connectivity index (χ1v) is 9.74. The number of aromatic nitrogens is 4. The fraction of sp³-hybridized carbons (Fsp3) is 0.550. The minimum absolute atomic E-state index is 0.0211. The van der Waals surface area contributed by atoms with Crippen molar-refractivity contribution >= 4 is 11.4 Å². The van der Waals surface area contributed by atoms with Crippen LogP contribution in [-0.2, 0) is 4.74 Å². The van der Waals surface area contributed by atoms with E-state index in [-0.39, 0.29) is 18.9 Å². The highest BCUT2D eigenvalue weighted by Gasteiger charge is 2.35. The minimum Gasteiger partial charge on any atom is -0.376 e. The van der Waals surface area contributed by atoms with Crippen LogP contribution < -0.4 is 5.32 Å². The second kappa shape index (κ2) is 7.58. The molecule has 0 radical (unpaired) electrons. The minimum atomic E-state index is -2.55. The van der Waals surface area contributed by atoms with Crippen LogP contribution in [0.3, 0.4) is 0 Å². The third kappa shape index (κ3) is 4.22. The van der Waals surface area contributed by atoms with Crippen LogP contribution in [0.15, 0.2) is 18.2 Å². The number of rotatable bonds is 4. The van der Waals surface area contributed by atoms with E-state index in [9.17, 15) is 8.78 Å². The maximum absolute atomic E-state index is 13.5. The molecule has 1 aliphatic carbocycles. The fourth-order valence-corrected chi connectivity index (χ4v) is 3.73. The van der Waals surface area contributed by atoms with Crippen molar-refractivity contribution in [2.45, 2.75) is 57.9 Å². The van der Waals surface area contributed by atoms with Crippen molar-refractivity contribution < 1.29 is 13.5 Å². The van der Waals surface area contributed by atoms with E-state index in [1.54, 1.807) is 4.68 Å².